The molecule has 1 N–H and O–H groups in total. The minimum atomic E-state index is -4.67. The zero-order valence-electron chi connectivity index (χ0n) is 34.6. The maximum Gasteiger partial charge on any atom is 0.509 e. The first-order valence-corrected chi connectivity index (χ1v) is 18.5. The summed E-state index contributed by atoms with van der Waals surface area (Å²) < 4.78 is 72.5. The first-order valence-electron chi connectivity index (χ1n) is 18.5. The van der Waals surface area contributed by atoms with Crippen LogP contribution in [0.5, 0.6) is 0 Å². The van der Waals surface area contributed by atoms with Crippen LogP contribution >= 0.6 is 0 Å². The van der Waals surface area contributed by atoms with E-state index in [2.05, 4.69) is 0 Å². The number of aromatic nitrogens is 3. The van der Waals surface area contributed by atoms with Crippen LogP contribution in [0.1, 0.15) is 111 Å². The average molecular weight is 803 g/mol. The summed E-state index contributed by atoms with van der Waals surface area (Å²) in [5.41, 5.74) is -3.88. The van der Waals surface area contributed by atoms with Crippen molar-refractivity contribution in [1.29, 1.82) is 0 Å². The fraction of sp³-hybridized carbons (Fsp3) is 0.537. The minimum absolute atomic E-state index is 0.0345. The highest BCUT2D eigenvalue weighted by atomic mass is 19.4. The summed E-state index contributed by atoms with van der Waals surface area (Å²) in [6.45, 7) is 19.7. The molecule has 0 bridgehead atoms. The number of benzene rings is 2. The molecule has 0 radical (unpaired) electrons. The lowest BCUT2D eigenvalue weighted by atomic mass is 9.96. The van der Waals surface area contributed by atoms with E-state index in [1.165, 1.54) is 12.1 Å². The van der Waals surface area contributed by atoms with Gasteiger partial charge < -0.3 is 33.4 Å². The average Bonchev–Trinajstić information content (AvgIpc) is 3.37. The van der Waals surface area contributed by atoms with Crippen LogP contribution in [-0.2, 0) is 56.0 Å². The molecule has 4 rings (SSSR count). The van der Waals surface area contributed by atoms with Gasteiger partial charge in [-0.25, -0.2) is 24.4 Å². The van der Waals surface area contributed by atoms with E-state index in [4.69, 9.17) is 33.7 Å². The Labute approximate surface area is 330 Å². The fourth-order valence-electron chi connectivity index (χ4n) is 5.87. The number of nitrogens with zero attached hydrogens (tertiary/aromatic N) is 4. The minimum Gasteiger partial charge on any atom is -0.443 e. The molecule has 0 aliphatic carbocycles. The van der Waals surface area contributed by atoms with E-state index in [1.807, 2.05) is 0 Å². The topological polar surface area (TPSA) is 152 Å². The number of pyridine rings is 1. The predicted octanol–water partition coefficient (Wildman–Crippen LogP) is 9.63. The summed E-state index contributed by atoms with van der Waals surface area (Å²) in [4.78, 5) is 51.1. The smallest absolute Gasteiger partial charge is 0.443 e. The van der Waals surface area contributed by atoms with Crippen LogP contribution in [0.3, 0.4) is 0 Å². The normalized spacial score (nSPS) is 12.8. The molecule has 0 fully saturated rings. The van der Waals surface area contributed by atoms with E-state index in [-0.39, 0.29) is 42.0 Å². The molecule has 2 heterocycles. The summed E-state index contributed by atoms with van der Waals surface area (Å²) in [6, 6.07) is 8.28. The summed E-state index contributed by atoms with van der Waals surface area (Å²) in [5.74, 6) is 0.0371. The monoisotopic (exact) mass is 802 g/mol. The molecule has 0 saturated carbocycles. The number of ether oxygens (including phenoxy) is 5. The van der Waals surface area contributed by atoms with Crippen LogP contribution in [0, 0.1) is 0 Å². The van der Waals surface area contributed by atoms with E-state index >= 15 is 0 Å². The molecule has 2 aromatic heterocycles. The Bertz CT molecular complexity index is 2100. The van der Waals surface area contributed by atoms with Crippen LogP contribution in [0.25, 0.3) is 21.9 Å². The molecule has 312 valence electrons. The van der Waals surface area contributed by atoms with Gasteiger partial charge in [0, 0.05) is 12.0 Å². The van der Waals surface area contributed by atoms with Gasteiger partial charge in [-0.1, -0.05) is 24.3 Å². The molecule has 0 saturated heterocycles. The van der Waals surface area contributed by atoms with Gasteiger partial charge in [-0.15, -0.1) is 0 Å². The van der Waals surface area contributed by atoms with Crippen molar-refractivity contribution in [2.75, 3.05) is 11.5 Å². The largest absolute Gasteiger partial charge is 0.509 e. The van der Waals surface area contributed by atoms with Gasteiger partial charge in [0.25, 0.3) is 0 Å². The van der Waals surface area contributed by atoms with Crippen molar-refractivity contribution in [2.45, 2.75) is 138 Å². The molecule has 0 aliphatic heterocycles. The van der Waals surface area contributed by atoms with Crippen LogP contribution in [0.4, 0.5) is 33.4 Å². The van der Waals surface area contributed by atoms with Gasteiger partial charge in [0.2, 0.25) is 0 Å². The van der Waals surface area contributed by atoms with Crippen molar-refractivity contribution in [1.82, 2.24) is 14.5 Å². The highest BCUT2D eigenvalue weighted by molar-refractivity contribution is 6.17. The van der Waals surface area contributed by atoms with E-state index < -0.39 is 59.1 Å². The highest BCUT2D eigenvalue weighted by Crippen LogP contribution is 2.38. The van der Waals surface area contributed by atoms with Gasteiger partial charge in [0.1, 0.15) is 40.4 Å². The van der Waals surface area contributed by atoms with Gasteiger partial charge in [0.05, 0.1) is 29.7 Å². The summed E-state index contributed by atoms with van der Waals surface area (Å²) in [6.07, 6.45) is -8.03. The third kappa shape index (κ3) is 11.8. The predicted molar refractivity (Wildman–Crippen MR) is 207 cm³/mol. The first-order chi connectivity index (χ1) is 26.1. The lowest BCUT2D eigenvalue weighted by molar-refractivity contribution is -0.138. The Hall–Kier alpha value is -4.96. The Morgan fingerprint density at radius 2 is 1.35 bits per heavy atom. The number of imide groups is 1. The number of aliphatic hydroxyl groups excluding tert-OH is 1. The third-order valence-electron chi connectivity index (χ3n) is 7.94. The number of amides is 2. The van der Waals surface area contributed by atoms with Crippen molar-refractivity contribution in [3.05, 3.63) is 64.5 Å². The molecule has 0 aliphatic rings. The number of anilines is 1. The molecule has 16 heteroatoms. The summed E-state index contributed by atoms with van der Waals surface area (Å²) in [5, 5.41) is 10.2. The summed E-state index contributed by atoms with van der Waals surface area (Å²) >= 11 is 0. The second-order valence-electron chi connectivity index (χ2n) is 17.2. The molecule has 13 nitrogen and oxygen atoms in total. The van der Waals surface area contributed by atoms with Crippen molar-refractivity contribution >= 4 is 46.1 Å². The molecule has 0 spiro atoms. The van der Waals surface area contributed by atoms with Gasteiger partial charge in [-0.2, -0.15) is 18.1 Å². The maximum atomic E-state index is 14.1. The maximum absolute atomic E-state index is 14.1. The molecule has 4 aromatic rings. The number of hydrogen-bond donors (Lipinski definition) is 1. The molecule has 0 unspecified atom stereocenters. The number of aliphatic hydroxyl groups is 1. The Morgan fingerprint density at radius 1 is 0.772 bits per heavy atom. The van der Waals surface area contributed by atoms with Crippen molar-refractivity contribution in [2.24, 2.45) is 0 Å². The van der Waals surface area contributed by atoms with Crippen molar-refractivity contribution < 1.29 is 56.3 Å². The fourth-order valence-corrected chi connectivity index (χ4v) is 5.87. The van der Waals surface area contributed by atoms with Crippen LogP contribution in [0.15, 0.2) is 36.4 Å². The molecule has 2 aromatic carbocycles. The van der Waals surface area contributed by atoms with Crippen molar-refractivity contribution in [3.8, 4) is 0 Å². The first kappa shape index (κ1) is 44.8. The van der Waals surface area contributed by atoms with Crippen LogP contribution in [-0.4, -0.2) is 67.0 Å². The zero-order valence-corrected chi connectivity index (χ0v) is 34.6. The van der Waals surface area contributed by atoms with Gasteiger partial charge in [-0.3, -0.25) is 0 Å². The highest BCUT2D eigenvalue weighted by Gasteiger charge is 2.38. The number of fused-ring (bicyclic) bond motifs is 3. The molecular formula is C41H53F3N4O9. The van der Waals surface area contributed by atoms with Gasteiger partial charge >= 0.3 is 24.5 Å². The second kappa shape index (κ2) is 16.5. The quantitative estimate of drug-likeness (QED) is 0.121. The Balaban J connectivity index is 2.08. The lowest BCUT2D eigenvalue weighted by Crippen LogP contribution is -2.44. The van der Waals surface area contributed by atoms with Gasteiger partial charge in [0.15, 0.2) is 5.82 Å². The number of halogens is 3. The molecule has 2 amide bonds. The number of rotatable bonds is 10. The van der Waals surface area contributed by atoms with Crippen LogP contribution in [0.2, 0.25) is 0 Å². The van der Waals surface area contributed by atoms with Gasteiger partial charge in [-0.05, 0) is 118 Å². The molecule has 0 atom stereocenters. The number of carbonyl (C=O) groups excluding carboxylic acids is 3. The number of hydrogen-bond acceptors (Lipinski definition) is 11. The van der Waals surface area contributed by atoms with E-state index in [1.54, 1.807) is 106 Å². The Morgan fingerprint density at radius 3 is 1.88 bits per heavy atom. The summed E-state index contributed by atoms with van der Waals surface area (Å²) in [7, 11) is 0. The molecular weight excluding hydrogens is 749 g/mol. The number of carbonyl (C=O) groups is 3. The Kier molecular flexibility index (Phi) is 12.9. The van der Waals surface area contributed by atoms with E-state index in [9.17, 15) is 32.7 Å². The number of alkyl halides is 3. The lowest BCUT2D eigenvalue weighted by Gasteiger charge is -2.29. The SMILES string of the molecule is CCOCc1nc2c(N(C(=O)OC(C)(C)C)C(=O)OC(C)(C)C)nc3cc(Cc4cc(CO)ccc4C(F)(F)F)ccc3c2n1CC(C)(C)OC(=O)OC(C)(C)C. The zero-order chi connectivity index (χ0) is 42.9. The molecule has 57 heavy (non-hydrogen) atoms. The van der Waals surface area contributed by atoms with Crippen molar-refractivity contribution in [3.63, 3.8) is 0 Å². The number of imidazole rings is 1. The standard InChI is InChI=1S/C41H53F3N4O9/c1-13-53-22-30-46-31-32(47(30)23-40(11,12)57-36(52)56-39(8,9)10)27-16-14-24(18-26-19-25(21-49)15-17-28(26)41(42,43)44)20-29(27)45-33(31)48(34(50)54-37(2,3)4)35(51)55-38(5,6)7/h14-17,19-20,49H,13,18,21-23H2,1-12H3. The van der Waals surface area contributed by atoms with E-state index in [0.717, 1.165) is 6.07 Å². The second-order valence-corrected chi connectivity index (χ2v) is 17.2. The van der Waals surface area contributed by atoms with E-state index in [0.29, 0.717) is 39.4 Å². The third-order valence-corrected chi connectivity index (χ3v) is 7.94. The van der Waals surface area contributed by atoms with Crippen LogP contribution < -0.4 is 4.90 Å².